The molecule has 2 aromatic heterocycles. The van der Waals surface area contributed by atoms with Crippen LogP contribution in [0.1, 0.15) is 43.7 Å². The lowest BCUT2D eigenvalue weighted by atomic mass is 9.94. The number of hydrogen-bond acceptors (Lipinski definition) is 3. The first-order valence-corrected chi connectivity index (χ1v) is 12.6. The van der Waals surface area contributed by atoms with Gasteiger partial charge in [-0.15, -0.1) is 0 Å². The number of nitrogens with zero attached hydrogens (tertiary/aromatic N) is 3. The number of aryl methyl sites for hydroxylation is 1. The fraction of sp³-hybridized carbons (Fsp3) is 0.226. The molecule has 174 valence electrons. The first kappa shape index (κ1) is 21.6. The average molecular weight is 459 g/mol. The lowest BCUT2D eigenvalue weighted by molar-refractivity contribution is 0.362. The topological polar surface area (TPSA) is 42.7 Å². The molecule has 35 heavy (non-hydrogen) atoms. The van der Waals surface area contributed by atoms with Crippen LogP contribution in [0.15, 0.2) is 91.3 Å². The SMILES string of the molecule is Cc1ccc(Nc2ncnc3c2c(-c2ccccc2)c(-c2ccccc2)n3C2CCCCC2)cc1. The molecule has 0 amide bonds. The Kier molecular flexibility index (Phi) is 5.79. The van der Waals surface area contributed by atoms with Crippen molar-refractivity contribution in [1.29, 1.82) is 0 Å². The Morgan fingerprint density at radius 1 is 0.743 bits per heavy atom. The van der Waals surface area contributed by atoms with Crippen LogP contribution in [-0.4, -0.2) is 14.5 Å². The van der Waals surface area contributed by atoms with Gasteiger partial charge in [0.1, 0.15) is 17.8 Å². The van der Waals surface area contributed by atoms with Crippen molar-refractivity contribution in [2.45, 2.75) is 45.1 Å². The zero-order valence-corrected chi connectivity index (χ0v) is 20.1. The molecule has 0 atom stereocenters. The molecule has 1 aliphatic rings. The fourth-order valence-electron chi connectivity index (χ4n) is 5.46. The molecule has 1 saturated carbocycles. The van der Waals surface area contributed by atoms with Gasteiger partial charge in [0.15, 0.2) is 0 Å². The summed E-state index contributed by atoms with van der Waals surface area (Å²) in [7, 11) is 0. The summed E-state index contributed by atoms with van der Waals surface area (Å²) in [5.41, 5.74) is 8.13. The molecule has 0 bridgehead atoms. The highest BCUT2D eigenvalue weighted by atomic mass is 15.1. The van der Waals surface area contributed by atoms with Gasteiger partial charge in [-0.25, -0.2) is 9.97 Å². The first-order valence-electron chi connectivity index (χ1n) is 12.6. The van der Waals surface area contributed by atoms with Gasteiger partial charge in [-0.3, -0.25) is 0 Å². The summed E-state index contributed by atoms with van der Waals surface area (Å²) in [5, 5.41) is 4.70. The van der Waals surface area contributed by atoms with E-state index < -0.39 is 0 Å². The lowest BCUT2D eigenvalue weighted by Gasteiger charge is -2.26. The summed E-state index contributed by atoms with van der Waals surface area (Å²) in [4.78, 5) is 9.69. The molecule has 2 heterocycles. The molecular formula is C31H30N4. The molecular weight excluding hydrogens is 428 g/mol. The number of anilines is 2. The molecule has 0 saturated heterocycles. The van der Waals surface area contributed by atoms with E-state index in [4.69, 9.17) is 9.97 Å². The minimum absolute atomic E-state index is 0.432. The third kappa shape index (κ3) is 4.10. The Balaban J connectivity index is 1.67. The van der Waals surface area contributed by atoms with E-state index in [2.05, 4.69) is 102 Å². The number of fused-ring (bicyclic) bond motifs is 1. The van der Waals surface area contributed by atoms with E-state index in [0.717, 1.165) is 22.5 Å². The Morgan fingerprint density at radius 2 is 1.40 bits per heavy atom. The number of nitrogens with one attached hydrogen (secondary N) is 1. The number of aromatic nitrogens is 3. The molecule has 0 spiro atoms. The second-order valence-electron chi connectivity index (χ2n) is 9.53. The van der Waals surface area contributed by atoms with Gasteiger partial charge in [0, 0.05) is 17.3 Å². The molecule has 3 aromatic carbocycles. The van der Waals surface area contributed by atoms with Crippen molar-refractivity contribution in [3.63, 3.8) is 0 Å². The van der Waals surface area contributed by atoms with Crippen molar-refractivity contribution in [2.24, 2.45) is 0 Å². The van der Waals surface area contributed by atoms with Crippen molar-refractivity contribution in [2.75, 3.05) is 5.32 Å². The molecule has 1 N–H and O–H groups in total. The van der Waals surface area contributed by atoms with E-state index in [1.54, 1.807) is 6.33 Å². The minimum atomic E-state index is 0.432. The largest absolute Gasteiger partial charge is 0.340 e. The van der Waals surface area contributed by atoms with E-state index in [-0.39, 0.29) is 0 Å². The molecule has 4 heteroatoms. The maximum Gasteiger partial charge on any atom is 0.146 e. The molecule has 0 radical (unpaired) electrons. The van der Waals surface area contributed by atoms with Gasteiger partial charge >= 0.3 is 0 Å². The van der Waals surface area contributed by atoms with Crippen molar-refractivity contribution < 1.29 is 0 Å². The van der Waals surface area contributed by atoms with Crippen LogP contribution in [0.4, 0.5) is 11.5 Å². The second kappa shape index (κ2) is 9.38. The zero-order chi connectivity index (χ0) is 23.6. The average Bonchev–Trinajstić information content (AvgIpc) is 3.28. The number of benzene rings is 3. The maximum atomic E-state index is 4.92. The van der Waals surface area contributed by atoms with Gasteiger partial charge in [0.25, 0.3) is 0 Å². The smallest absolute Gasteiger partial charge is 0.146 e. The van der Waals surface area contributed by atoms with Crippen LogP contribution in [-0.2, 0) is 0 Å². The van der Waals surface area contributed by atoms with Gasteiger partial charge in [0.2, 0.25) is 0 Å². The predicted octanol–water partition coefficient (Wildman–Crippen LogP) is 8.32. The van der Waals surface area contributed by atoms with Crippen LogP contribution in [0, 0.1) is 6.92 Å². The summed E-state index contributed by atoms with van der Waals surface area (Å²) in [6.07, 6.45) is 7.92. The lowest BCUT2D eigenvalue weighted by Crippen LogP contribution is -2.14. The van der Waals surface area contributed by atoms with Gasteiger partial charge in [0.05, 0.1) is 11.1 Å². The zero-order valence-electron chi connectivity index (χ0n) is 20.1. The third-order valence-electron chi connectivity index (χ3n) is 7.15. The number of rotatable bonds is 5. The molecule has 0 aliphatic heterocycles. The van der Waals surface area contributed by atoms with Gasteiger partial charge in [-0.05, 0) is 43.0 Å². The molecule has 4 nitrogen and oxygen atoms in total. The van der Waals surface area contributed by atoms with E-state index in [1.807, 2.05) is 0 Å². The van der Waals surface area contributed by atoms with Crippen LogP contribution in [0.5, 0.6) is 0 Å². The summed E-state index contributed by atoms with van der Waals surface area (Å²) >= 11 is 0. The van der Waals surface area contributed by atoms with Gasteiger partial charge in [-0.1, -0.05) is 97.6 Å². The number of hydrogen-bond donors (Lipinski definition) is 1. The molecule has 6 rings (SSSR count). The standard InChI is InChI=1S/C31H30N4/c1-22-17-19-25(20-18-22)34-30-28-27(23-11-5-2-6-12-23)29(24-13-7-3-8-14-24)35(31(28)33-21-32-30)26-15-9-4-10-16-26/h2-3,5-8,11-14,17-21,26H,4,9-10,15-16H2,1H3,(H,32,33,34). The van der Waals surface area contributed by atoms with E-state index in [1.165, 1.54) is 60.1 Å². The van der Waals surface area contributed by atoms with Crippen LogP contribution >= 0.6 is 0 Å². The van der Waals surface area contributed by atoms with Crippen LogP contribution in [0.25, 0.3) is 33.4 Å². The Hall–Kier alpha value is -3.92. The minimum Gasteiger partial charge on any atom is -0.340 e. The summed E-state index contributed by atoms with van der Waals surface area (Å²) < 4.78 is 2.52. The highest BCUT2D eigenvalue weighted by Gasteiger charge is 2.28. The fourth-order valence-corrected chi connectivity index (χ4v) is 5.46. The van der Waals surface area contributed by atoms with Gasteiger partial charge < -0.3 is 9.88 Å². The van der Waals surface area contributed by atoms with E-state index in [0.29, 0.717) is 6.04 Å². The first-order chi connectivity index (χ1) is 17.3. The second-order valence-corrected chi connectivity index (χ2v) is 9.53. The molecule has 0 unspecified atom stereocenters. The van der Waals surface area contributed by atoms with Crippen LogP contribution in [0.2, 0.25) is 0 Å². The maximum absolute atomic E-state index is 4.92. The molecule has 5 aromatic rings. The monoisotopic (exact) mass is 458 g/mol. The van der Waals surface area contributed by atoms with Crippen molar-refractivity contribution in [3.05, 3.63) is 96.8 Å². The van der Waals surface area contributed by atoms with Crippen LogP contribution < -0.4 is 5.32 Å². The van der Waals surface area contributed by atoms with Crippen molar-refractivity contribution in [1.82, 2.24) is 14.5 Å². The quantitative estimate of drug-likeness (QED) is 0.288. The van der Waals surface area contributed by atoms with E-state index >= 15 is 0 Å². The predicted molar refractivity (Wildman–Crippen MR) is 145 cm³/mol. The summed E-state index contributed by atoms with van der Waals surface area (Å²) in [5.74, 6) is 0.851. The molecule has 1 fully saturated rings. The Labute approximate surface area is 206 Å². The Morgan fingerprint density at radius 3 is 2.09 bits per heavy atom. The normalized spacial score (nSPS) is 14.3. The van der Waals surface area contributed by atoms with Crippen molar-refractivity contribution >= 4 is 22.5 Å². The van der Waals surface area contributed by atoms with Crippen LogP contribution in [0.3, 0.4) is 0 Å². The van der Waals surface area contributed by atoms with Gasteiger partial charge in [-0.2, -0.15) is 0 Å². The third-order valence-corrected chi connectivity index (χ3v) is 7.15. The van der Waals surface area contributed by atoms with E-state index in [9.17, 15) is 0 Å². The summed E-state index contributed by atoms with van der Waals surface area (Å²) in [6, 6.07) is 30.4. The highest BCUT2D eigenvalue weighted by molar-refractivity contribution is 6.09. The highest BCUT2D eigenvalue weighted by Crippen LogP contribution is 2.46. The molecule has 1 aliphatic carbocycles. The summed E-state index contributed by atoms with van der Waals surface area (Å²) in [6.45, 7) is 2.11. The Bertz CT molecular complexity index is 1430. The van der Waals surface area contributed by atoms with Crippen molar-refractivity contribution in [3.8, 4) is 22.4 Å².